The molecule has 0 spiro atoms. The van der Waals surface area contributed by atoms with Crippen LogP contribution >= 0.6 is 23.2 Å². The van der Waals surface area contributed by atoms with Crippen molar-refractivity contribution < 1.29 is 27.9 Å². The van der Waals surface area contributed by atoms with Gasteiger partial charge in [-0.15, -0.1) is 0 Å². The van der Waals surface area contributed by atoms with Crippen molar-refractivity contribution in [2.45, 2.75) is 32.0 Å². The summed E-state index contributed by atoms with van der Waals surface area (Å²) in [6.45, 7) is 4.00. The Hall–Kier alpha value is -2.78. The van der Waals surface area contributed by atoms with E-state index < -0.39 is 24.2 Å². The van der Waals surface area contributed by atoms with E-state index in [1.165, 1.54) is 29.1 Å². The van der Waals surface area contributed by atoms with E-state index in [0.29, 0.717) is 10.9 Å². The maximum Gasteiger partial charge on any atom is 0.435 e. The minimum atomic E-state index is -4.83. The molecule has 1 aromatic heterocycles. The molecule has 2 heterocycles. The molecule has 0 bridgehead atoms. The lowest BCUT2D eigenvalue weighted by Gasteiger charge is -2.29. The van der Waals surface area contributed by atoms with Crippen molar-refractivity contribution in [3.8, 4) is 0 Å². The second-order valence-corrected chi connectivity index (χ2v) is 7.66. The minimum Gasteiger partial charge on any atom is -0.478 e. The molecule has 32 heavy (non-hydrogen) atoms. The predicted octanol–water partition coefficient (Wildman–Crippen LogP) is 6.19. The molecule has 0 radical (unpaired) electrons. The van der Waals surface area contributed by atoms with Gasteiger partial charge < -0.3 is 9.94 Å². The van der Waals surface area contributed by atoms with Crippen LogP contribution < -0.4 is 0 Å². The van der Waals surface area contributed by atoms with Gasteiger partial charge in [0.05, 0.1) is 23.0 Å². The number of carboxylic acid groups (broad SMARTS) is 1. The van der Waals surface area contributed by atoms with Crippen LogP contribution in [0.25, 0.3) is 10.9 Å². The molecular weight excluding hydrogens is 470 g/mol. The first-order valence-electron chi connectivity index (χ1n) is 9.50. The summed E-state index contributed by atoms with van der Waals surface area (Å²) in [4.78, 5) is 16.5. The summed E-state index contributed by atoms with van der Waals surface area (Å²) >= 11 is 11.8. The second kappa shape index (κ2) is 8.63. The highest BCUT2D eigenvalue weighted by Crippen LogP contribution is 2.50. The van der Waals surface area contributed by atoms with Crippen molar-refractivity contribution in [2.24, 2.45) is 12.2 Å². The van der Waals surface area contributed by atoms with Gasteiger partial charge in [0.25, 0.3) is 5.60 Å². The Balaban J connectivity index is 0.00000141. The molecule has 4 rings (SSSR count). The van der Waals surface area contributed by atoms with Crippen LogP contribution in [0.1, 0.15) is 41.8 Å². The van der Waals surface area contributed by atoms with E-state index in [9.17, 15) is 23.1 Å². The fraction of sp³-hybridized carbons (Fsp3) is 0.286. The smallest absolute Gasteiger partial charge is 0.435 e. The van der Waals surface area contributed by atoms with Gasteiger partial charge in [-0.25, -0.2) is 4.79 Å². The first kappa shape index (κ1) is 23.9. The number of alkyl halides is 3. The van der Waals surface area contributed by atoms with Gasteiger partial charge in [0.1, 0.15) is 0 Å². The zero-order valence-electron chi connectivity index (χ0n) is 17.2. The quantitative estimate of drug-likeness (QED) is 0.477. The highest BCUT2D eigenvalue weighted by Gasteiger charge is 2.62. The Morgan fingerprint density at radius 2 is 1.81 bits per heavy atom. The topological polar surface area (TPSA) is 76.7 Å². The summed E-state index contributed by atoms with van der Waals surface area (Å²) in [6, 6.07) is 6.28. The van der Waals surface area contributed by atoms with Gasteiger partial charge in [-0.05, 0) is 24.3 Å². The van der Waals surface area contributed by atoms with E-state index in [0.717, 1.165) is 12.1 Å². The van der Waals surface area contributed by atoms with Crippen LogP contribution in [0.2, 0.25) is 10.0 Å². The third-order valence-electron chi connectivity index (χ3n) is 4.96. The molecule has 0 saturated carbocycles. The fourth-order valence-electron chi connectivity index (χ4n) is 3.55. The summed E-state index contributed by atoms with van der Waals surface area (Å²) in [6.07, 6.45) is -4.10. The molecule has 3 aromatic rings. The molecule has 1 atom stereocenters. The molecule has 11 heteroatoms. The van der Waals surface area contributed by atoms with E-state index in [1.54, 1.807) is 7.05 Å². The molecule has 0 aliphatic carbocycles. The van der Waals surface area contributed by atoms with Gasteiger partial charge in [-0.2, -0.15) is 18.3 Å². The lowest BCUT2D eigenvalue weighted by molar-refractivity contribution is -0.275. The van der Waals surface area contributed by atoms with Crippen molar-refractivity contribution in [1.82, 2.24) is 9.78 Å². The van der Waals surface area contributed by atoms with Crippen molar-refractivity contribution in [1.29, 1.82) is 0 Å². The number of aromatic nitrogens is 2. The number of aromatic carboxylic acids is 1. The normalized spacial score (nSPS) is 18.1. The number of halogens is 5. The minimum absolute atomic E-state index is 0.00152. The largest absolute Gasteiger partial charge is 0.478 e. The summed E-state index contributed by atoms with van der Waals surface area (Å²) in [7, 11) is 1.54. The highest BCUT2D eigenvalue weighted by atomic mass is 35.5. The lowest BCUT2D eigenvalue weighted by Crippen LogP contribution is -2.42. The molecule has 1 aliphatic rings. The molecule has 1 N–H and O–H groups in total. The SMILES string of the molecule is CC.Cn1ncc2c(C3=NOC(c4cc(Cl)cc(Cl)c4)(C(F)(F)F)C3)ccc(C(=O)O)c21. The average Bonchev–Trinajstić information content (AvgIpc) is 3.33. The van der Waals surface area contributed by atoms with Gasteiger partial charge in [0.2, 0.25) is 0 Å². The number of carboxylic acids is 1. The van der Waals surface area contributed by atoms with Gasteiger partial charge in [0.15, 0.2) is 0 Å². The fourth-order valence-corrected chi connectivity index (χ4v) is 4.07. The number of fused-ring (bicyclic) bond motifs is 1. The van der Waals surface area contributed by atoms with Gasteiger partial charge in [-0.3, -0.25) is 4.68 Å². The zero-order valence-corrected chi connectivity index (χ0v) is 18.7. The Morgan fingerprint density at radius 1 is 1.19 bits per heavy atom. The van der Waals surface area contributed by atoms with Crippen molar-refractivity contribution in [3.63, 3.8) is 0 Å². The Bertz CT molecular complexity index is 1200. The van der Waals surface area contributed by atoms with Crippen LogP contribution in [0.3, 0.4) is 0 Å². The van der Waals surface area contributed by atoms with Gasteiger partial charge in [-0.1, -0.05) is 48.3 Å². The predicted molar refractivity (Wildman–Crippen MR) is 115 cm³/mol. The van der Waals surface area contributed by atoms with E-state index in [1.807, 2.05) is 13.8 Å². The molecule has 0 fully saturated rings. The third kappa shape index (κ3) is 3.91. The van der Waals surface area contributed by atoms with Gasteiger partial charge >= 0.3 is 12.1 Å². The molecule has 0 amide bonds. The van der Waals surface area contributed by atoms with Crippen molar-refractivity contribution in [2.75, 3.05) is 0 Å². The van der Waals surface area contributed by atoms with Crippen LogP contribution in [-0.4, -0.2) is 32.7 Å². The molecule has 0 saturated heterocycles. The lowest BCUT2D eigenvalue weighted by atomic mass is 9.86. The number of hydrogen-bond acceptors (Lipinski definition) is 4. The third-order valence-corrected chi connectivity index (χ3v) is 5.39. The summed E-state index contributed by atoms with van der Waals surface area (Å²) in [5, 5.41) is 17.6. The van der Waals surface area contributed by atoms with Crippen LogP contribution in [0.4, 0.5) is 13.2 Å². The number of nitrogens with zero attached hydrogens (tertiary/aromatic N) is 3. The summed E-state index contributed by atoms with van der Waals surface area (Å²) in [5.74, 6) is -1.18. The Morgan fingerprint density at radius 3 is 2.38 bits per heavy atom. The maximum atomic E-state index is 14.2. The van der Waals surface area contributed by atoms with Crippen molar-refractivity contribution >= 4 is 45.8 Å². The summed E-state index contributed by atoms with van der Waals surface area (Å²) < 4.78 is 43.8. The van der Waals surface area contributed by atoms with Crippen LogP contribution in [0.5, 0.6) is 0 Å². The van der Waals surface area contributed by atoms with E-state index in [4.69, 9.17) is 28.0 Å². The highest BCUT2D eigenvalue weighted by molar-refractivity contribution is 6.34. The number of hydrogen-bond donors (Lipinski definition) is 1. The molecule has 1 unspecified atom stereocenters. The standard InChI is InChI=1S/C19H12Cl2F3N3O3.C2H6/c1-27-16-13(17(28)29)3-2-12(14(16)8-25-27)15-7-18(30-26-15,19(22,23)24)9-4-10(20)6-11(21)5-9;1-2/h2-6,8H,7H2,1H3,(H,28,29);1-2H3. The van der Waals surface area contributed by atoms with Gasteiger partial charge in [0, 0.05) is 40.0 Å². The van der Waals surface area contributed by atoms with Crippen LogP contribution in [0.15, 0.2) is 41.7 Å². The Kier molecular flexibility index (Phi) is 6.44. The molecule has 2 aromatic carbocycles. The number of rotatable bonds is 3. The Labute approximate surface area is 191 Å². The van der Waals surface area contributed by atoms with E-state index >= 15 is 0 Å². The van der Waals surface area contributed by atoms with Crippen LogP contribution in [-0.2, 0) is 17.5 Å². The first-order valence-corrected chi connectivity index (χ1v) is 10.3. The molecule has 1 aliphatic heterocycles. The molecular formula is C21H18Cl2F3N3O3. The number of benzene rings is 2. The van der Waals surface area contributed by atoms with E-state index in [2.05, 4.69) is 10.3 Å². The average molecular weight is 488 g/mol. The number of oxime groups is 1. The maximum absolute atomic E-state index is 14.2. The second-order valence-electron chi connectivity index (χ2n) is 6.79. The molecule has 170 valence electrons. The summed E-state index contributed by atoms with van der Waals surface area (Å²) in [5.41, 5.74) is -2.54. The van der Waals surface area contributed by atoms with Crippen molar-refractivity contribution in [3.05, 3.63) is 63.3 Å². The number of carbonyl (C=O) groups is 1. The number of aryl methyl sites for hydroxylation is 1. The monoisotopic (exact) mass is 487 g/mol. The van der Waals surface area contributed by atoms with Crippen LogP contribution in [0, 0.1) is 0 Å². The first-order chi connectivity index (χ1) is 15.0. The van der Waals surface area contributed by atoms with E-state index in [-0.39, 0.29) is 32.4 Å². The molecule has 6 nitrogen and oxygen atoms in total. The zero-order chi connectivity index (χ0) is 23.8.